The number of pyridine rings is 1. The van der Waals surface area contributed by atoms with E-state index in [1.54, 1.807) is 18.5 Å². The number of furan rings is 1. The van der Waals surface area contributed by atoms with Crippen molar-refractivity contribution in [2.75, 3.05) is 0 Å². The maximum Gasteiger partial charge on any atom is 0.220 e. The minimum atomic E-state index is -0.0407. The third kappa shape index (κ3) is 3.35. The van der Waals surface area contributed by atoms with Crippen LogP contribution in [0.15, 0.2) is 71.5 Å². The smallest absolute Gasteiger partial charge is 0.220 e. The van der Waals surface area contributed by atoms with Gasteiger partial charge < -0.3 is 9.73 Å². The number of fused-ring (bicyclic) bond motifs is 1. The van der Waals surface area contributed by atoms with Crippen molar-refractivity contribution in [3.8, 4) is 5.69 Å². The van der Waals surface area contributed by atoms with Gasteiger partial charge in [-0.2, -0.15) is 0 Å². The second-order valence-electron chi connectivity index (χ2n) is 5.90. The van der Waals surface area contributed by atoms with Crippen LogP contribution in [-0.2, 0) is 17.8 Å². The van der Waals surface area contributed by atoms with Crippen LogP contribution in [0.3, 0.4) is 0 Å². The topological polar surface area (TPSA) is 73.0 Å². The van der Waals surface area contributed by atoms with Crippen molar-refractivity contribution in [1.82, 2.24) is 19.9 Å². The summed E-state index contributed by atoms with van der Waals surface area (Å²) in [6, 6.07) is 17.4. The fourth-order valence-corrected chi connectivity index (χ4v) is 2.89. The Morgan fingerprint density at radius 1 is 1.08 bits per heavy atom. The highest BCUT2D eigenvalue weighted by molar-refractivity contribution is 5.77. The lowest BCUT2D eigenvalue weighted by molar-refractivity contribution is -0.121. The van der Waals surface area contributed by atoms with Crippen LogP contribution in [0, 0.1) is 0 Å². The largest absolute Gasteiger partial charge is 0.467 e. The Labute approximate surface area is 150 Å². The summed E-state index contributed by atoms with van der Waals surface area (Å²) in [5.74, 6) is 1.51. The molecule has 0 bridgehead atoms. The van der Waals surface area contributed by atoms with Crippen LogP contribution in [0.5, 0.6) is 0 Å². The summed E-state index contributed by atoms with van der Waals surface area (Å²) in [7, 11) is 0. The number of carbonyl (C=O) groups is 1. The Bertz CT molecular complexity index is 1010. The SMILES string of the molecule is O=C(CCc1nc2cccnc2n1-c1ccccc1)NCc1ccco1. The molecule has 1 aromatic carbocycles. The van der Waals surface area contributed by atoms with E-state index in [1.165, 1.54) is 0 Å². The molecule has 4 rings (SSSR count). The van der Waals surface area contributed by atoms with Crippen LogP contribution in [0.4, 0.5) is 0 Å². The Balaban J connectivity index is 1.53. The van der Waals surface area contributed by atoms with E-state index in [9.17, 15) is 4.79 Å². The van der Waals surface area contributed by atoms with E-state index in [-0.39, 0.29) is 5.91 Å². The predicted octanol–water partition coefficient (Wildman–Crippen LogP) is 3.26. The summed E-state index contributed by atoms with van der Waals surface area (Å²) in [4.78, 5) is 21.3. The standard InChI is InChI=1S/C20H18N4O2/c25-19(22-14-16-8-5-13-26-16)11-10-18-23-17-9-4-12-21-20(17)24(18)15-6-2-1-3-7-15/h1-9,12-13H,10-11,14H2,(H,22,25). The van der Waals surface area contributed by atoms with Crippen LogP contribution in [0.25, 0.3) is 16.9 Å². The first kappa shape index (κ1) is 16.1. The minimum absolute atomic E-state index is 0.0407. The van der Waals surface area contributed by atoms with Gasteiger partial charge >= 0.3 is 0 Å². The number of aromatic nitrogens is 3. The number of hydrogen-bond acceptors (Lipinski definition) is 4. The molecule has 0 unspecified atom stereocenters. The highest BCUT2D eigenvalue weighted by Crippen LogP contribution is 2.20. The molecule has 4 aromatic rings. The first-order valence-electron chi connectivity index (χ1n) is 8.48. The minimum Gasteiger partial charge on any atom is -0.467 e. The van der Waals surface area contributed by atoms with Gasteiger partial charge in [-0.25, -0.2) is 9.97 Å². The molecule has 0 aliphatic rings. The van der Waals surface area contributed by atoms with E-state index in [4.69, 9.17) is 4.42 Å². The molecule has 6 nitrogen and oxygen atoms in total. The third-order valence-electron chi connectivity index (χ3n) is 4.12. The number of carbonyl (C=O) groups excluding carboxylic acids is 1. The average molecular weight is 346 g/mol. The zero-order chi connectivity index (χ0) is 17.8. The number of nitrogens with one attached hydrogen (secondary N) is 1. The summed E-state index contributed by atoms with van der Waals surface area (Å²) in [6.07, 6.45) is 4.21. The molecule has 3 heterocycles. The summed E-state index contributed by atoms with van der Waals surface area (Å²) in [5, 5.41) is 2.86. The zero-order valence-corrected chi connectivity index (χ0v) is 14.1. The highest BCUT2D eigenvalue weighted by atomic mass is 16.3. The molecule has 0 aliphatic carbocycles. The molecular weight excluding hydrogens is 328 g/mol. The summed E-state index contributed by atoms with van der Waals surface area (Å²) < 4.78 is 7.23. The lowest BCUT2D eigenvalue weighted by atomic mass is 10.2. The van der Waals surface area contributed by atoms with Crippen LogP contribution in [0.2, 0.25) is 0 Å². The fraction of sp³-hybridized carbons (Fsp3) is 0.150. The van der Waals surface area contributed by atoms with Gasteiger partial charge in [0.2, 0.25) is 5.91 Å². The lowest BCUT2D eigenvalue weighted by Gasteiger charge is -2.08. The van der Waals surface area contributed by atoms with Gasteiger partial charge in [-0.3, -0.25) is 9.36 Å². The number of rotatable bonds is 6. The Morgan fingerprint density at radius 3 is 2.77 bits per heavy atom. The Hall–Kier alpha value is -3.41. The van der Waals surface area contributed by atoms with Crippen molar-refractivity contribution in [3.63, 3.8) is 0 Å². The molecule has 1 amide bonds. The number of amides is 1. The van der Waals surface area contributed by atoms with Gasteiger partial charge in [-0.1, -0.05) is 18.2 Å². The maximum absolute atomic E-state index is 12.2. The van der Waals surface area contributed by atoms with Gasteiger partial charge in [0, 0.05) is 24.7 Å². The van der Waals surface area contributed by atoms with Crippen LogP contribution in [0.1, 0.15) is 18.0 Å². The molecule has 26 heavy (non-hydrogen) atoms. The molecule has 6 heteroatoms. The van der Waals surface area contributed by atoms with Crippen LogP contribution < -0.4 is 5.32 Å². The summed E-state index contributed by atoms with van der Waals surface area (Å²) >= 11 is 0. The average Bonchev–Trinajstić information content (AvgIpc) is 3.32. The van der Waals surface area contributed by atoms with E-state index >= 15 is 0 Å². The molecule has 130 valence electrons. The summed E-state index contributed by atoms with van der Waals surface area (Å²) in [6.45, 7) is 0.391. The molecule has 0 aliphatic heterocycles. The quantitative estimate of drug-likeness (QED) is 0.581. The Morgan fingerprint density at radius 2 is 1.96 bits per heavy atom. The van der Waals surface area contributed by atoms with Gasteiger partial charge in [-0.15, -0.1) is 0 Å². The Kier molecular flexibility index (Phi) is 4.47. The van der Waals surface area contributed by atoms with E-state index in [1.807, 2.05) is 53.1 Å². The second kappa shape index (κ2) is 7.23. The molecule has 0 radical (unpaired) electrons. The van der Waals surface area contributed by atoms with Crippen LogP contribution >= 0.6 is 0 Å². The monoisotopic (exact) mass is 346 g/mol. The molecule has 0 spiro atoms. The molecular formula is C20H18N4O2. The molecule has 3 aromatic heterocycles. The number of para-hydroxylation sites is 1. The maximum atomic E-state index is 12.2. The van der Waals surface area contributed by atoms with Crippen molar-refractivity contribution in [2.45, 2.75) is 19.4 Å². The van der Waals surface area contributed by atoms with Gasteiger partial charge in [0.1, 0.15) is 17.1 Å². The van der Waals surface area contributed by atoms with Crippen LogP contribution in [-0.4, -0.2) is 20.4 Å². The van der Waals surface area contributed by atoms with E-state index in [0.717, 1.165) is 28.4 Å². The molecule has 1 N–H and O–H groups in total. The molecule has 0 saturated heterocycles. The number of benzene rings is 1. The van der Waals surface area contributed by atoms with E-state index < -0.39 is 0 Å². The molecule has 0 fully saturated rings. The zero-order valence-electron chi connectivity index (χ0n) is 14.1. The number of nitrogens with zero attached hydrogens (tertiary/aromatic N) is 3. The van der Waals surface area contributed by atoms with Crippen molar-refractivity contribution in [2.24, 2.45) is 0 Å². The fourth-order valence-electron chi connectivity index (χ4n) is 2.89. The molecule has 0 atom stereocenters. The first-order chi connectivity index (χ1) is 12.8. The van der Waals surface area contributed by atoms with Gasteiger partial charge in [0.25, 0.3) is 0 Å². The number of imidazole rings is 1. The van der Waals surface area contributed by atoms with Gasteiger partial charge in [0.15, 0.2) is 5.65 Å². The molecule has 0 saturated carbocycles. The third-order valence-corrected chi connectivity index (χ3v) is 4.12. The van der Waals surface area contributed by atoms with Crippen molar-refractivity contribution < 1.29 is 9.21 Å². The predicted molar refractivity (Wildman–Crippen MR) is 97.7 cm³/mol. The second-order valence-corrected chi connectivity index (χ2v) is 5.90. The number of aryl methyl sites for hydroxylation is 1. The summed E-state index contributed by atoms with van der Waals surface area (Å²) in [5.41, 5.74) is 2.60. The highest BCUT2D eigenvalue weighted by Gasteiger charge is 2.14. The normalized spacial score (nSPS) is 10.9. The first-order valence-corrected chi connectivity index (χ1v) is 8.48. The number of hydrogen-bond donors (Lipinski definition) is 1. The lowest BCUT2D eigenvalue weighted by Crippen LogP contribution is -2.23. The van der Waals surface area contributed by atoms with Gasteiger partial charge in [0.05, 0.1) is 12.8 Å². The van der Waals surface area contributed by atoms with Crippen molar-refractivity contribution in [1.29, 1.82) is 0 Å². The van der Waals surface area contributed by atoms with E-state index in [0.29, 0.717) is 19.4 Å². The van der Waals surface area contributed by atoms with Crippen molar-refractivity contribution >= 4 is 17.1 Å². The van der Waals surface area contributed by atoms with Crippen molar-refractivity contribution in [3.05, 3.63) is 78.6 Å². The van der Waals surface area contributed by atoms with E-state index in [2.05, 4.69) is 15.3 Å². The van der Waals surface area contributed by atoms with Gasteiger partial charge in [-0.05, 0) is 36.4 Å².